The molecule has 1 atom stereocenters. The Morgan fingerprint density at radius 3 is 1.17 bits per heavy atom. The summed E-state index contributed by atoms with van der Waals surface area (Å²) in [7, 11) is -18.0. The summed E-state index contributed by atoms with van der Waals surface area (Å²) in [6, 6.07) is 0. The van der Waals surface area contributed by atoms with Gasteiger partial charge in [0, 0.05) is 28.4 Å². The number of thiazole rings is 4. The second-order valence-electron chi connectivity index (χ2n) is 19.7. The van der Waals surface area contributed by atoms with Crippen LogP contribution < -0.4 is 15.4 Å². The first-order chi connectivity index (χ1) is 28.5. The molecule has 0 amide bonds. The topological polar surface area (TPSA) is 339 Å². The molecular weight excluding hydrogens is 1030 g/mol. The van der Waals surface area contributed by atoms with Crippen LogP contribution in [0, 0.1) is 0 Å². The van der Waals surface area contributed by atoms with Crippen LogP contribution in [0.25, 0.3) is 0 Å². The minimum Gasteiger partial charge on any atom is -0.384 e. The van der Waals surface area contributed by atoms with Gasteiger partial charge in [-0.2, -0.15) is 0 Å². The normalized spacial score (nSPS) is 14.4. The zero-order valence-corrected chi connectivity index (χ0v) is 48.4. The van der Waals surface area contributed by atoms with Gasteiger partial charge in [-0.1, -0.05) is 54.6 Å². The molecule has 0 aromatic carbocycles. The van der Waals surface area contributed by atoms with Crippen molar-refractivity contribution in [2.24, 2.45) is 19.4 Å². The van der Waals surface area contributed by atoms with E-state index in [1.165, 1.54) is 42.9 Å². The predicted molar refractivity (Wildman–Crippen MR) is 266 cm³/mol. The van der Waals surface area contributed by atoms with Gasteiger partial charge in [0.1, 0.15) is 22.5 Å². The summed E-state index contributed by atoms with van der Waals surface area (Å²) in [5.41, 5.74) is -2.00. The lowest BCUT2D eigenvalue weighted by molar-refractivity contribution is 0.0735. The van der Waals surface area contributed by atoms with Crippen molar-refractivity contribution in [1.82, 2.24) is 19.9 Å². The number of primary sulfonamides is 2. The molecule has 4 aromatic rings. The number of nitrogens with zero attached hydrogens (tertiary/aromatic N) is 5. The van der Waals surface area contributed by atoms with Crippen LogP contribution in [0.15, 0.2) is 42.9 Å². The van der Waals surface area contributed by atoms with Crippen molar-refractivity contribution in [2.45, 2.75) is 160 Å². The molecule has 4 aromatic heterocycles. The molecule has 0 aliphatic rings. The van der Waals surface area contributed by atoms with Crippen molar-refractivity contribution in [1.29, 1.82) is 0 Å². The number of sulfonamides is 2. The van der Waals surface area contributed by atoms with E-state index < -0.39 is 72.9 Å². The Labute approximate surface area is 403 Å². The summed E-state index contributed by atoms with van der Waals surface area (Å²) in [6.45, 7) is 31.6. The highest BCUT2D eigenvalue weighted by Crippen LogP contribution is 2.39. The van der Waals surface area contributed by atoms with E-state index in [0.717, 1.165) is 34.0 Å². The maximum Gasteiger partial charge on any atom is 0.265 e. The highest BCUT2D eigenvalue weighted by Gasteiger charge is 2.41. The predicted octanol–water partition coefficient (Wildman–Crippen LogP) is 6.28. The number of Topliss-reactive ketones (excluding diaryl/α,β-unsaturated/α-hetero) is 1. The van der Waals surface area contributed by atoms with Crippen LogP contribution >= 0.6 is 45.3 Å². The Kier molecular flexibility index (Phi) is 19.8. The smallest absolute Gasteiger partial charge is 0.265 e. The molecule has 1 unspecified atom stereocenters. The fourth-order valence-corrected chi connectivity index (χ4v) is 21.3. The van der Waals surface area contributed by atoms with Crippen LogP contribution in [0.1, 0.15) is 118 Å². The average Bonchev–Trinajstić information content (AvgIpc) is 3.89. The van der Waals surface area contributed by atoms with E-state index in [1.54, 1.807) is 38.5 Å². The Balaban J connectivity index is 0.000000444. The summed E-state index contributed by atoms with van der Waals surface area (Å²) in [5.74, 6) is -0.277. The number of carbonyl (C=O) groups excluding carboxylic acids is 1. The largest absolute Gasteiger partial charge is 0.384 e. The van der Waals surface area contributed by atoms with Crippen molar-refractivity contribution in [3.63, 3.8) is 0 Å². The van der Waals surface area contributed by atoms with E-state index in [-0.39, 0.29) is 39.9 Å². The van der Waals surface area contributed by atoms with Crippen LogP contribution in [0.5, 0.6) is 0 Å². The molecule has 0 saturated heterocycles. The van der Waals surface area contributed by atoms with Gasteiger partial charge < -0.3 is 15.3 Å². The molecule has 4 rings (SSSR count). The van der Waals surface area contributed by atoms with Gasteiger partial charge in [-0.25, -0.2) is 64.8 Å². The van der Waals surface area contributed by atoms with Gasteiger partial charge in [0.05, 0.1) is 30.5 Å². The van der Waals surface area contributed by atoms with E-state index in [2.05, 4.69) is 78.6 Å². The molecule has 19 nitrogen and oxygen atoms in total. The van der Waals surface area contributed by atoms with Crippen LogP contribution in [-0.2, 0) is 56.6 Å². The third-order valence-corrected chi connectivity index (χ3v) is 33.9. The van der Waals surface area contributed by atoms with Crippen molar-refractivity contribution in [2.75, 3.05) is 5.38 Å². The van der Waals surface area contributed by atoms with Crippen LogP contribution in [-0.4, -0.2) is 92.2 Å². The highest BCUT2D eigenvalue weighted by atomic mass is 32.3. The monoisotopic (exact) mass is 1100 g/mol. The Morgan fingerprint density at radius 1 is 0.569 bits per heavy atom. The second-order valence-corrected chi connectivity index (χ2v) is 42.0. The molecule has 0 saturated carbocycles. The first-order valence-corrected chi connectivity index (χ1v) is 35.3. The van der Waals surface area contributed by atoms with Crippen LogP contribution in [0.4, 0.5) is 0 Å². The maximum atomic E-state index is 12.7. The number of aliphatic hydroxyl groups is 3. The van der Waals surface area contributed by atoms with Gasteiger partial charge >= 0.3 is 0 Å². The molecule has 0 fully saturated rings. The van der Waals surface area contributed by atoms with Crippen LogP contribution in [0.3, 0.4) is 0 Å². The summed E-state index contributed by atoms with van der Waals surface area (Å²) < 4.78 is 85.3. The highest BCUT2D eigenvalue weighted by molar-refractivity contribution is 7.95. The van der Waals surface area contributed by atoms with E-state index in [4.69, 9.17) is 15.4 Å². The van der Waals surface area contributed by atoms with Gasteiger partial charge in [0.25, 0.3) is 20.0 Å². The van der Waals surface area contributed by atoms with Crippen molar-refractivity contribution in [3.05, 3.63) is 44.3 Å². The summed E-state index contributed by atoms with van der Waals surface area (Å²) in [6.07, 6.45) is 0. The van der Waals surface area contributed by atoms with Crippen molar-refractivity contribution >= 4 is 107 Å². The number of nitrogens with two attached hydrogens (primary N) is 3. The first kappa shape index (κ1) is 61.2. The lowest BCUT2D eigenvalue weighted by Gasteiger charge is -2.36. The fourth-order valence-electron chi connectivity index (χ4n) is 3.84. The zero-order chi connectivity index (χ0) is 51.6. The fraction of sp³-hybridized carbons (Fsp3) is 0.639. The number of hydrogen-bond donors (Lipinski definition) is 6. The molecule has 4 heterocycles. The SMILES string of the molecule is CC(=O)c1csc(S(N)(=O)=O)n1.CC(C)(O)c1csc(S(=O)(=O)C[Si](C)(C)C(C)(C)C)n1.CC(C)(O)c1csc(S(N)(=O)=N[Si](C)(C)C(C)(C)C)n1.CC(C)(O)c1csc(S(N)(=O)=O)n1. The minimum atomic E-state index is -3.76. The lowest BCUT2D eigenvalue weighted by Crippen LogP contribution is -2.44. The molecular formula is C36H66N8O11S8Si2. The Hall–Kier alpha value is -1.82. The first-order valence-electron chi connectivity index (χ1n) is 19.3. The molecule has 9 N–H and O–H groups in total. The van der Waals surface area contributed by atoms with Gasteiger partial charge in [-0.3, -0.25) is 8.82 Å². The van der Waals surface area contributed by atoms with Crippen LogP contribution in [0.2, 0.25) is 36.3 Å². The molecule has 29 heteroatoms. The summed E-state index contributed by atoms with van der Waals surface area (Å²) >= 11 is 4.03. The summed E-state index contributed by atoms with van der Waals surface area (Å²) in [4.78, 5) is 26.3. The zero-order valence-electron chi connectivity index (χ0n) is 39.9. The molecule has 0 bridgehead atoms. The molecule has 0 aliphatic carbocycles. The van der Waals surface area contributed by atoms with Gasteiger partial charge in [0.2, 0.25) is 27.2 Å². The van der Waals surface area contributed by atoms with E-state index in [0.29, 0.717) is 21.4 Å². The molecule has 372 valence electrons. The Morgan fingerprint density at radius 2 is 0.892 bits per heavy atom. The van der Waals surface area contributed by atoms with E-state index in [1.807, 2.05) is 13.1 Å². The van der Waals surface area contributed by atoms with Crippen molar-refractivity contribution in [3.8, 4) is 0 Å². The quantitative estimate of drug-likeness (QED) is 0.0711. The number of carbonyl (C=O) groups is 1. The van der Waals surface area contributed by atoms with Gasteiger partial charge in [-0.15, -0.1) is 45.3 Å². The summed E-state index contributed by atoms with van der Waals surface area (Å²) in [5, 5.41) is 51.2. The lowest BCUT2D eigenvalue weighted by atomic mass is 10.1. The molecule has 0 radical (unpaired) electrons. The number of aromatic nitrogens is 4. The number of ketones is 1. The van der Waals surface area contributed by atoms with E-state index >= 15 is 0 Å². The van der Waals surface area contributed by atoms with Crippen molar-refractivity contribution < 1.29 is 49.6 Å². The Bertz CT molecular complexity index is 2740. The number of sulfone groups is 1. The third-order valence-electron chi connectivity index (χ3n) is 9.96. The van der Waals surface area contributed by atoms with Gasteiger partial charge in [0.15, 0.2) is 23.9 Å². The number of rotatable bonds is 11. The average molecular weight is 1100 g/mol. The third kappa shape index (κ3) is 18.6. The number of hydrogen-bond acceptors (Lipinski definition) is 20. The molecule has 0 aliphatic heterocycles. The molecule has 65 heavy (non-hydrogen) atoms. The standard InChI is InChI=1S/C13H25NO3S2Si.C12H25N3O2S2Si.C6H10N2O3S2.C5H6N2O3S2/c1-12(2,3)20(6,7)9-19(16,17)11-14-10(8-18-11)13(4,5)15;1-11(2,3)20(6,7)15-19(13,17)10-14-9(8-18-10)12(4,5)16;1-6(2,9)4-3-12-5(8-4)13(7,10)11;1-3(8)4-2-11-5(7-4)12(6,9)10/h8,15H,9H2,1-7H3;8,16H,1-7H3,(H2,13,15,17);3,9H,1-2H3,(H2,7,10,11);2H,1H3,(H2,6,9,10). The van der Waals surface area contributed by atoms with Gasteiger partial charge in [-0.05, 0) is 64.7 Å². The minimum absolute atomic E-state index is 0.0103. The van der Waals surface area contributed by atoms with E-state index in [9.17, 15) is 49.6 Å². The molecule has 0 spiro atoms. The second kappa shape index (κ2) is 21.0. The maximum absolute atomic E-state index is 12.7.